The van der Waals surface area contributed by atoms with Gasteiger partial charge in [0, 0.05) is 6.54 Å². The summed E-state index contributed by atoms with van der Waals surface area (Å²) in [5.41, 5.74) is 0. The van der Waals surface area contributed by atoms with Crippen LogP contribution in [-0.2, 0) is 10.0 Å². The van der Waals surface area contributed by atoms with Crippen LogP contribution in [0.15, 0.2) is 0 Å². The normalized spacial score (nSPS) is 16.7. The van der Waals surface area contributed by atoms with Crippen LogP contribution in [0.1, 0.15) is 51.9 Å². The molecule has 0 unspecified atom stereocenters. The van der Waals surface area contributed by atoms with Crippen molar-refractivity contribution in [2.45, 2.75) is 51.9 Å². The predicted octanol–water partition coefficient (Wildman–Crippen LogP) is 1.88. The third-order valence-electron chi connectivity index (χ3n) is 3.54. The quantitative estimate of drug-likeness (QED) is 0.566. The summed E-state index contributed by atoms with van der Waals surface area (Å²) in [4.78, 5) is 0. The highest BCUT2D eigenvalue weighted by molar-refractivity contribution is 7.89. The van der Waals surface area contributed by atoms with E-state index in [1.54, 1.807) is 0 Å². The fourth-order valence-electron chi connectivity index (χ4n) is 2.12. The van der Waals surface area contributed by atoms with E-state index in [0.29, 0.717) is 6.54 Å². The molecule has 1 aliphatic rings. The first-order valence-corrected chi connectivity index (χ1v) is 8.97. The first kappa shape index (κ1) is 15.9. The topological polar surface area (TPSA) is 58.2 Å². The Kier molecular flexibility index (Phi) is 7.86. The van der Waals surface area contributed by atoms with E-state index in [9.17, 15) is 8.42 Å². The molecular formula is C13H28N2O2S. The maximum absolute atomic E-state index is 11.7. The third-order valence-corrected chi connectivity index (χ3v) is 5.01. The van der Waals surface area contributed by atoms with Crippen molar-refractivity contribution in [3.8, 4) is 0 Å². The van der Waals surface area contributed by atoms with Gasteiger partial charge in [-0.15, -0.1) is 0 Å². The molecular weight excluding hydrogens is 248 g/mol. The lowest BCUT2D eigenvalue weighted by atomic mass is 9.83. The van der Waals surface area contributed by atoms with Gasteiger partial charge in [-0.05, 0) is 44.7 Å². The van der Waals surface area contributed by atoms with Crippen molar-refractivity contribution in [3.63, 3.8) is 0 Å². The molecule has 0 aromatic carbocycles. The summed E-state index contributed by atoms with van der Waals surface area (Å²) in [5, 5.41) is 3.28. The number of nitrogens with one attached hydrogen (secondary N) is 2. The largest absolute Gasteiger partial charge is 0.317 e. The second-order valence-electron chi connectivity index (χ2n) is 5.26. The van der Waals surface area contributed by atoms with Gasteiger partial charge in [0.2, 0.25) is 10.0 Å². The molecule has 18 heavy (non-hydrogen) atoms. The van der Waals surface area contributed by atoms with Gasteiger partial charge in [0.15, 0.2) is 0 Å². The summed E-state index contributed by atoms with van der Waals surface area (Å²) in [6.07, 6.45) is 7.70. The van der Waals surface area contributed by atoms with E-state index in [2.05, 4.69) is 17.0 Å². The molecule has 1 aliphatic carbocycles. The zero-order valence-electron chi connectivity index (χ0n) is 11.6. The van der Waals surface area contributed by atoms with Gasteiger partial charge in [-0.25, -0.2) is 13.1 Å². The van der Waals surface area contributed by atoms with Crippen LogP contribution < -0.4 is 10.0 Å². The van der Waals surface area contributed by atoms with E-state index in [1.807, 2.05) is 0 Å². The van der Waals surface area contributed by atoms with Crippen molar-refractivity contribution in [2.24, 2.45) is 5.92 Å². The van der Waals surface area contributed by atoms with Crippen LogP contribution in [0.2, 0.25) is 0 Å². The summed E-state index contributed by atoms with van der Waals surface area (Å²) < 4.78 is 26.1. The highest BCUT2D eigenvalue weighted by Crippen LogP contribution is 2.28. The number of sulfonamides is 1. The van der Waals surface area contributed by atoms with Crippen LogP contribution in [-0.4, -0.2) is 33.8 Å². The fourth-order valence-corrected chi connectivity index (χ4v) is 3.27. The van der Waals surface area contributed by atoms with E-state index in [4.69, 9.17) is 0 Å². The summed E-state index contributed by atoms with van der Waals surface area (Å²) in [7, 11) is -3.03. The van der Waals surface area contributed by atoms with Gasteiger partial charge in [0.05, 0.1) is 5.75 Å². The van der Waals surface area contributed by atoms with Crippen molar-refractivity contribution < 1.29 is 8.42 Å². The molecule has 1 fully saturated rings. The summed E-state index contributed by atoms with van der Waals surface area (Å²) >= 11 is 0. The minimum Gasteiger partial charge on any atom is -0.317 e. The Morgan fingerprint density at radius 1 is 1.11 bits per heavy atom. The zero-order valence-corrected chi connectivity index (χ0v) is 12.4. The van der Waals surface area contributed by atoms with Gasteiger partial charge in [-0.3, -0.25) is 0 Å². The van der Waals surface area contributed by atoms with Crippen LogP contribution in [0.25, 0.3) is 0 Å². The molecule has 1 saturated carbocycles. The molecule has 0 bridgehead atoms. The monoisotopic (exact) mass is 276 g/mol. The van der Waals surface area contributed by atoms with Crippen LogP contribution >= 0.6 is 0 Å². The lowest BCUT2D eigenvalue weighted by Crippen LogP contribution is -2.29. The molecule has 0 aliphatic heterocycles. The average Bonchev–Trinajstić information content (AvgIpc) is 2.27. The molecule has 5 heteroatoms. The highest BCUT2D eigenvalue weighted by Gasteiger charge is 2.17. The lowest BCUT2D eigenvalue weighted by Gasteiger charge is -2.25. The Labute approximate surface area is 112 Å². The van der Waals surface area contributed by atoms with Crippen LogP contribution in [0, 0.1) is 5.92 Å². The molecule has 0 spiro atoms. The van der Waals surface area contributed by atoms with Crippen LogP contribution in [0.5, 0.6) is 0 Å². The molecule has 0 saturated heterocycles. The van der Waals surface area contributed by atoms with Crippen molar-refractivity contribution in [3.05, 3.63) is 0 Å². The molecule has 1 rings (SSSR count). The van der Waals surface area contributed by atoms with E-state index in [0.717, 1.165) is 44.7 Å². The average molecular weight is 276 g/mol. The first-order chi connectivity index (χ1) is 8.64. The predicted molar refractivity (Wildman–Crippen MR) is 76.1 cm³/mol. The van der Waals surface area contributed by atoms with Gasteiger partial charge in [-0.2, -0.15) is 0 Å². The third kappa shape index (κ3) is 7.34. The van der Waals surface area contributed by atoms with Gasteiger partial charge in [0.1, 0.15) is 0 Å². The van der Waals surface area contributed by atoms with Gasteiger partial charge in [0.25, 0.3) is 0 Å². The first-order valence-electron chi connectivity index (χ1n) is 7.32. The number of unbranched alkanes of at least 4 members (excludes halogenated alkanes) is 1. The summed E-state index contributed by atoms with van der Waals surface area (Å²) in [5.74, 6) is 1.04. The van der Waals surface area contributed by atoms with Crippen molar-refractivity contribution in [2.75, 3.05) is 25.4 Å². The Bertz CT molecular complexity index is 300. The Hall–Kier alpha value is -0.130. The summed E-state index contributed by atoms with van der Waals surface area (Å²) in [6.45, 7) is 4.70. The van der Waals surface area contributed by atoms with Crippen LogP contribution in [0.3, 0.4) is 0 Å². The Morgan fingerprint density at radius 2 is 1.89 bits per heavy atom. The minimum absolute atomic E-state index is 0.269. The van der Waals surface area contributed by atoms with Gasteiger partial charge in [-0.1, -0.05) is 26.2 Å². The smallest absolute Gasteiger partial charge is 0.211 e. The molecule has 4 nitrogen and oxygen atoms in total. The second kappa shape index (κ2) is 8.88. The molecule has 0 atom stereocenters. The van der Waals surface area contributed by atoms with E-state index < -0.39 is 10.0 Å². The molecule has 2 N–H and O–H groups in total. The van der Waals surface area contributed by atoms with E-state index in [-0.39, 0.29) is 5.75 Å². The van der Waals surface area contributed by atoms with Crippen LogP contribution in [0.4, 0.5) is 0 Å². The Morgan fingerprint density at radius 3 is 2.50 bits per heavy atom. The van der Waals surface area contributed by atoms with Gasteiger partial charge < -0.3 is 5.32 Å². The Balaban J connectivity index is 1.96. The van der Waals surface area contributed by atoms with Crippen molar-refractivity contribution in [1.29, 1.82) is 0 Å². The number of hydrogen-bond acceptors (Lipinski definition) is 3. The zero-order chi connectivity index (χ0) is 13.3. The maximum atomic E-state index is 11.7. The molecule has 0 amide bonds. The standard InChI is InChI=1S/C13H28N2O2S/c1-2-9-14-10-3-4-12-18(16,17)15-11-8-13-6-5-7-13/h13-15H,2-12H2,1H3. The van der Waals surface area contributed by atoms with E-state index >= 15 is 0 Å². The minimum atomic E-state index is -3.03. The molecule has 0 aromatic heterocycles. The molecule has 0 heterocycles. The maximum Gasteiger partial charge on any atom is 0.211 e. The van der Waals surface area contributed by atoms with Crippen molar-refractivity contribution in [1.82, 2.24) is 10.0 Å². The lowest BCUT2D eigenvalue weighted by molar-refractivity contribution is 0.297. The molecule has 0 aromatic rings. The van der Waals surface area contributed by atoms with Gasteiger partial charge >= 0.3 is 0 Å². The number of hydrogen-bond donors (Lipinski definition) is 2. The van der Waals surface area contributed by atoms with E-state index in [1.165, 1.54) is 19.3 Å². The number of rotatable bonds is 11. The highest BCUT2D eigenvalue weighted by atomic mass is 32.2. The molecule has 0 radical (unpaired) electrons. The SMILES string of the molecule is CCCNCCCCS(=O)(=O)NCCC1CCC1. The van der Waals surface area contributed by atoms with Crippen molar-refractivity contribution >= 4 is 10.0 Å². The second-order valence-corrected chi connectivity index (χ2v) is 7.18. The molecule has 108 valence electrons. The summed E-state index contributed by atoms with van der Waals surface area (Å²) in [6, 6.07) is 0. The fraction of sp³-hybridized carbons (Fsp3) is 1.00.